The van der Waals surface area contributed by atoms with Crippen molar-refractivity contribution in [2.24, 2.45) is 0 Å². The van der Waals surface area contributed by atoms with Gasteiger partial charge in [0.25, 0.3) is 5.56 Å². The lowest BCUT2D eigenvalue weighted by atomic mass is 10.3. The van der Waals surface area contributed by atoms with Crippen LogP contribution in [0.2, 0.25) is 0 Å². The van der Waals surface area contributed by atoms with Crippen molar-refractivity contribution in [1.29, 1.82) is 0 Å². The smallest absolute Gasteiger partial charge is 0.252 e. The van der Waals surface area contributed by atoms with E-state index in [-0.39, 0.29) is 11.1 Å². The second kappa shape index (κ2) is 6.26. The number of nitrogens with one attached hydrogen (secondary N) is 1. The third-order valence-corrected chi connectivity index (χ3v) is 6.06. The van der Waals surface area contributed by atoms with E-state index in [9.17, 15) is 13.6 Å². The van der Waals surface area contributed by atoms with Crippen LogP contribution >= 0.6 is 11.3 Å². The summed E-state index contributed by atoms with van der Waals surface area (Å²) in [5.74, 6) is -0.192. The number of H-pyrrole nitrogens is 1. The van der Waals surface area contributed by atoms with Crippen LogP contribution in [0.25, 0.3) is 10.2 Å². The summed E-state index contributed by atoms with van der Waals surface area (Å²) in [4.78, 5) is 27.8. The molecule has 0 atom stereocenters. The number of hydrogen-bond acceptors (Lipinski definition) is 6. The van der Waals surface area contributed by atoms with Gasteiger partial charge in [-0.05, 0) is 18.9 Å². The lowest BCUT2D eigenvalue weighted by Gasteiger charge is -2.34. The second-order valence-corrected chi connectivity index (χ2v) is 7.98. The van der Waals surface area contributed by atoms with Crippen molar-refractivity contribution in [3.05, 3.63) is 45.9 Å². The van der Waals surface area contributed by atoms with E-state index in [2.05, 4.69) is 24.8 Å². The van der Waals surface area contributed by atoms with E-state index in [4.69, 9.17) is 0 Å². The third-order valence-electron chi connectivity index (χ3n) is 5.00. The normalized spacial score (nSPS) is 17.7. The zero-order valence-corrected chi connectivity index (χ0v) is 15.2. The predicted molar refractivity (Wildman–Crippen MR) is 101 cm³/mol. The average molecular weight is 389 g/mol. The molecule has 1 aliphatic carbocycles. The van der Waals surface area contributed by atoms with Crippen LogP contribution in [-0.2, 0) is 0 Å². The van der Waals surface area contributed by atoms with Gasteiger partial charge in [-0.1, -0.05) is 11.3 Å². The molecular weight excluding hydrogens is 372 g/mol. The van der Waals surface area contributed by atoms with E-state index < -0.39 is 11.6 Å². The van der Waals surface area contributed by atoms with E-state index in [0.29, 0.717) is 47.9 Å². The summed E-state index contributed by atoms with van der Waals surface area (Å²) in [5, 5.41) is 0.683. The zero-order valence-electron chi connectivity index (χ0n) is 14.4. The molecule has 5 rings (SSSR count). The van der Waals surface area contributed by atoms with Crippen LogP contribution in [-0.4, -0.2) is 41.1 Å². The van der Waals surface area contributed by atoms with E-state index in [1.165, 1.54) is 17.4 Å². The van der Waals surface area contributed by atoms with Crippen LogP contribution in [0.15, 0.2) is 23.0 Å². The van der Waals surface area contributed by atoms with Crippen molar-refractivity contribution in [2.45, 2.75) is 18.8 Å². The highest BCUT2D eigenvalue weighted by Gasteiger charge is 2.27. The molecule has 140 valence electrons. The SMILES string of the molecule is O=c1cc(C2CC2)nc(N2CCN(c3nc4c(F)cc(F)cc4s3)CC2)[nH]1. The number of benzene rings is 1. The zero-order chi connectivity index (χ0) is 18.5. The minimum absolute atomic E-state index is 0.118. The molecule has 0 radical (unpaired) electrons. The van der Waals surface area contributed by atoms with Crippen LogP contribution in [0.3, 0.4) is 0 Å². The van der Waals surface area contributed by atoms with Gasteiger partial charge in [-0.3, -0.25) is 9.78 Å². The molecular formula is C18H17F2N5OS. The first-order valence-electron chi connectivity index (χ1n) is 8.93. The van der Waals surface area contributed by atoms with Gasteiger partial charge in [0.2, 0.25) is 5.95 Å². The molecule has 1 saturated carbocycles. The van der Waals surface area contributed by atoms with Gasteiger partial charge in [0.15, 0.2) is 10.9 Å². The predicted octanol–water partition coefficient (Wildman–Crippen LogP) is 2.86. The number of rotatable bonds is 3. The van der Waals surface area contributed by atoms with Crippen LogP contribution in [0, 0.1) is 11.6 Å². The molecule has 27 heavy (non-hydrogen) atoms. The fourth-order valence-corrected chi connectivity index (χ4v) is 4.45. The molecule has 1 saturated heterocycles. The van der Waals surface area contributed by atoms with Crippen LogP contribution < -0.4 is 15.4 Å². The number of aromatic amines is 1. The van der Waals surface area contributed by atoms with E-state index in [0.717, 1.165) is 24.6 Å². The van der Waals surface area contributed by atoms with E-state index in [1.807, 2.05) is 0 Å². The number of nitrogens with zero attached hydrogens (tertiary/aromatic N) is 4. The Morgan fingerprint density at radius 3 is 2.52 bits per heavy atom. The molecule has 9 heteroatoms. The molecule has 1 N–H and O–H groups in total. The van der Waals surface area contributed by atoms with Gasteiger partial charge in [-0.2, -0.15) is 0 Å². The topological polar surface area (TPSA) is 65.1 Å². The lowest BCUT2D eigenvalue weighted by Crippen LogP contribution is -2.47. The van der Waals surface area contributed by atoms with E-state index in [1.54, 1.807) is 6.07 Å². The molecule has 2 aromatic heterocycles. The van der Waals surface area contributed by atoms with Crippen LogP contribution in [0.5, 0.6) is 0 Å². The van der Waals surface area contributed by atoms with Gasteiger partial charge in [0.1, 0.15) is 11.3 Å². The molecule has 1 aliphatic heterocycles. The summed E-state index contributed by atoms with van der Waals surface area (Å²) in [6.45, 7) is 2.68. The number of anilines is 2. The van der Waals surface area contributed by atoms with Gasteiger partial charge < -0.3 is 9.80 Å². The Kier molecular flexibility index (Phi) is 3.85. The maximum Gasteiger partial charge on any atom is 0.252 e. The van der Waals surface area contributed by atoms with Gasteiger partial charge in [0, 0.05) is 44.2 Å². The summed E-state index contributed by atoms with van der Waals surface area (Å²) in [6, 6.07) is 3.76. The van der Waals surface area contributed by atoms with Crippen molar-refractivity contribution in [3.8, 4) is 0 Å². The standard InChI is InChI=1S/C18H17F2N5OS/c19-11-7-12(20)16-14(8-11)27-18(23-16)25-5-3-24(4-6-25)17-21-13(10-1-2-10)9-15(26)22-17/h7-10H,1-6H2,(H,21,22,26). The minimum Gasteiger partial charge on any atom is -0.345 e. The molecule has 2 aliphatic rings. The molecule has 0 unspecified atom stereocenters. The highest BCUT2D eigenvalue weighted by molar-refractivity contribution is 7.22. The Bertz CT molecular complexity index is 1070. The lowest BCUT2D eigenvalue weighted by molar-refractivity contribution is 0.590. The number of aromatic nitrogens is 3. The molecule has 2 fully saturated rings. The monoisotopic (exact) mass is 389 g/mol. The molecule has 3 heterocycles. The maximum atomic E-state index is 13.9. The summed E-state index contributed by atoms with van der Waals surface area (Å²) >= 11 is 1.29. The molecule has 0 spiro atoms. The number of fused-ring (bicyclic) bond motifs is 1. The fraction of sp³-hybridized carbons (Fsp3) is 0.389. The number of piperazine rings is 1. The van der Waals surface area contributed by atoms with Crippen molar-refractivity contribution in [2.75, 3.05) is 36.0 Å². The third kappa shape index (κ3) is 3.16. The Balaban J connectivity index is 1.34. The number of hydrogen-bond donors (Lipinski definition) is 1. The molecule has 6 nitrogen and oxygen atoms in total. The maximum absolute atomic E-state index is 13.9. The minimum atomic E-state index is -0.634. The number of thiazole rings is 1. The molecule has 0 amide bonds. The Labute approximate surface area is 157 Å². The van der Waals surface area contributed by atoms with E-state index >= 15 is 0 Å². The largest absolute Gasteiger partial charge is 0.345 e. The highest BCUT2D eigenvalue weighted by Crippen LogP contribution is 2.38. The highest BCUT2D eigenvalue weighted by atomic mass is 32.1. The first-order chi connectivity index (χ1) is 13.1. The van der Waals surface area contributed by atoms with Gasteiger partial charge >= 0.3 is 0 Å². The molecule has 3 aromatic rings. The number of halogens is 2. The first kappa shape index (κ1) is 16.6. The van der Waals surface area contributed by atoms with Crippen molar-refractivity contribution in [3.63, 3.8) is 0 Å². The van der Waals surface area contributed by atoms with Gasteiger partial charge in [-0.25, -0.2) is 18.7 Å². The Hall–Kier alpha value is -2.55. The van der Waals surface area contributed by atoms with Crippen molar-refractivity contribution < 1.29 is 8.78 Å². The van der Waals surface area contributed by atoms with Crippen molar-refractivity contribution >= 4 is 32.6 Å². The Morgan fingerprint density at radius 1 is 1.04 bits per heavy atom. The van der Waals surface area contributed by atoms with Gasteiger partial charge in [0.05, 0.1) is 10.4 Å². The molecule has 0 bridgehead atoms. The summed E-state index contributed by atoms with van der Waals surface area (Å²) < 4.78 is 27.8. The van der Waals surface area contributed by atoms with Crippen LogP contribution in [0.1, 0.15) is 24.5 Å². The van der Waals surface area contributed by atoms with Gasteiger partial charge in [-0.15, -0.1) is 0 Å². The molecule has 1 aromatic carbocycles. The Morgan fingerprint density at radius 2 is 1.78 bits per heavy atom. The fourth-order valence-electron chi connectivity index (χ4n) is 3.39. The first-order valence-corrected chi connectivity index (χ1v) is 9.75. The summed E-state index contributed by atoms with van der Waals surface area (Å²) in [7, 11) is 0. The summed E-state index contributed by atoms with van der Waals surface area (Å²) in [6.07, 6.45) is 2.19. The van der Waals surface area contributed by atoms with Crippen LogP contribution in [0.4, 0.5) is 19.9 Å². The quantitative estimate of drug-likeness (QED) is 0.746. The second-order valence-electron chi connectivity index (χ2n) is 6.97. The van der Waals surface area contributed by atoms with Crippen molar-refractivity contribution in [1.82, 2.24) is 15.0 Å². The average Bonchev–Trinajstić information content (AvgIpc) is 3.41. The summed E-state index contributed by atoms with van der Waals surface area (Å²) in [5.41, 5.74) is 0.967.